The molecule has 1 unspecified atom stereocenters. The maximum absolute atomic E-state index is 12.0. The summed E-state index contributed by atoms with van der Waals surface area (Å²) in [6.45, 7) is 2.31. The van der Waals surface area contributed by atoms with Crippen LogP contribution in [-0.2, 0) is 16.1 Å². The smallest absolute Gasteiger partial charge is 0.243 e. The molecular weight excluding hydrogens is 264 g/mol. The van der Waals surface area contributed by atoms with Gasteiger partial charge in [0.15, 0.2) is 0 Å². The second-order valence-electron chi connectivity index (χ2n) is 4.82. The van der Waals surface area contributed by atoms with Crippen molar-refractivity contribution in [3.8, 4) is 0 Å². The molecule has 102 valence electrons. The average molecular weight is 281 g/mol. The molecule has 2 amide bonds. The highest BCUT2D eigenvalue weighted by Gasteiger charge is 2.32. The maximum Gasteiger partial charge on any atom is 0.243 e. The minimum atomic E-state index is -0.351. The number of likely N-dealkylation sites (N-methyl/N-ethyl adjacent to an activating group) is 1. The van der Waals surface area contributed by atoms with Gasteiger partial charge in [-0.15, -0.1) is 0 Å². The van der Waals surface area contributed by atoms with Crippen LogP contribution in [0.3, 0.4) is 0 Å². The second-order valence-corrected chi connectivity index (χ2v) is 5.20. The molecule has 1 aromatic rings. The summed E-state index contributed by atoms with van der Waals surface area (Å²) < 4.78 is 0. The quantitative estimate of drug-likeness (QED) is 0.919. The fourth-order valence-electron chi connectivity index (χ4n) is 2.26. The Morgan fingerprint density at radius 1 is 1.53 bits per heavy atom. The molecule has 0 bridgehead atoms. The molecule has 0 aliphatic carbocycles. The molecule has 0 radical (unpaired) electrons. The van der Waals surface area contributed by atoms with E-state index in [9.17, 15) is 9.59 Å². The number of carbonyl (C=O) groups is 2. The van der Waals surface area contributed by atoms with Gasteiger partial charge in [0.25, 0.3) is 0 Å². The van der Waals surface area contributed by atoms with Gasteiger partial charge < -0.3 is 10.2 Å². The molecule has 1 saturated heterocycles. The van der Waals surface area contributed by atoms with Gasteiger partial charge in [-0.05, 0) is 24.5 Å². The highest BCUT2D eigenvalue weighted by atomic mass is 35.5. The summed E-state index contributed by atoms with van der Waals surface area (Å²) in [7, 11) is 1.67. The number of likely N-dealkylation sites (tertiary alicyclic amines) is 1. The molecule has 0 saturated carbocycles. The SMILES string of the molecule is Cc1cccc(CNC(=O)C2CCC(=O)N2C)c1Cl. The van der Waals surface area contributed by atoms with Crippen LogP contribution in [0.25, 0.3) is 0 Å². The van der Waals surface area contributed by atoms with E-state index < -0.39 is 0 Å². The molecule has 1 aliphatic rings. The zero-order valence-corrected chi connectivity index (χ0v) is 11.8. The Labute approximate surface area is 117 Å². The summed E-state index contributed by atoms with van der Waals surface area (Å²) in [6, 6.07) is 5.38. The van der Waals surface area contributed by atoms with E-state index in [1.54, 1.807) is 7.05 Å². The number of benzene rings is 1. The van der Waals surface area contributed by atoms with Crippen molar-refractivity contribution in [2.45, 2.75) is 32.4 Å². The lowest BCUT2D eigenvalue weighted by Gasteiger charge is -2.19. The van der Waals surface area contributed by atoms with Gasteiger partial charge in [0.2, 0.25) is 11.8 Å². The number of hydrogen-bond donors (Lipinski definition) is 1. The first kappa shape index (κ1) is 13.9. The first-order chi connectivity index (χ1) is 9.00. The molecule has 2 rings (SSSR count). The van der Waals surface area contributed by atoms with Gasteiger partial charge in [-0.3, -0.25) is 9.59 Å². The number of rotatable bonds is 3. The Hall–Kier alpha value is -1.55. The number of amides is 2. The van der Waals surface area contributed by atoms with Gasteiger partial charge in [0.1, 0.15) is 6.04 Å². The largest absolute Gasteiger partial charge is 0.350 e. The molecule has 5 heteroatoms. The number of hydrogen-bond acceptors (Lipinski definition) is 2. The van der Waals surface area contributed by atoms with E-state index in [0.717, 1.165) is 11.1 Å². The number of halogens is 1. The van der Waals surface area contributed by atoms with Crippen molar-refractivity contribution in [2.75, 3.05) is 7.05 Å². The molecular formula is C14H17ClN2O2. The summed E-state index contributed by atoms with van der Waals surface area (Å²) in [5.41, 5.74) is 1.88. The van der Waals surface area contributed by atoms with E-state index in [4.69, 9.17) is 11.6 Å². The van der Waals surface area contributed by atoms with Crippen LogP contribution >= 0.6 is 11.6 Å². The van der Waals surface area contributed by atoms with Crippen molar-refractivity contribution < 1.29 is 9.59 Å². The van der Waals surface area contributed by atoms with E-state index in [0.29, 0.717) is 24.4 Å². The van der Waals surface area contributed by atoms with Crippen molar-refractivity contribution in [3.05, 3.63) is 34.3 Å². The molecule has 1 N–H and O–H groups in total. The Bertz CT molecular complexity index is 516. The van der Waals surface area contributed by atoms with Gasteiger partial charge in [0.05, 0.1) is 0 Å². The third-order valence-electron chi connectivity index (χ3n) is 3.52. The molecule has 1 heterocycles. The number of carbonyl (C=O) groups excluding carboxylic acids is 2. The molecule has 1 atom stereocenters. The summed E-state index contributed by atoms with van der Waals surface area (Å²) in [5.74, 6) is -0.0975. The van der Waals surface area contributed by atoms with Crippen LogP contribution < -0.4 is 5.32 Å². The summed E-state index contributed by atoms with van der Waals surface area (Å²) in [4.78, 5) is 24.9. The van der Waals surface area contributed by atoms with Crippen molar-refractivity contribution in [3.63, 3.8) is 0 Å². The van der Waals surface area contributed by atoms with Crippen LogP contribution in [0.2, 0.25) is 5.02 Å². The monoisotopic (exact) mass is 280 g/mol. The lowest BCUT2D eigenvalue weighted by molar-refractivity contribution is -0.133. The van der Waals surface area contributed by atoms with Crippen LogP contribution in [0.15, 0.2) is 18.2 Å². The van der Waals surface area contributed by atoms with Crippen molar-refractivity contribution in [1.82, 2.24) is 10.2 Å². The predicted molar refractivity (Wildman–Crippen MR) is 73.8 cm³/mol. The summed E-state index contributed by atoms with van der Waals surface area (Å²) >= 11 is 6.17. The Balaban J connectivity index is 1.97. The van der Waals surface area contributed by atoms with E-state index in [1.165, 1.54) is 4.90 Å². The molecule has 19 heavy (non-hydrogen) atoms. The Morgan fingerprint density at radius 3 is 2.89 bits per heavy atom. The first-order valence-corrected chi connectivity index (χ1v) is 6.66. The van der Waals surface area contributed by atoms with Gasteiger partial charge in [-0.2, -0.15) is 0 Å². The molecule has 1 aromatic carbocycles. The minimum absolute atomic E-state index is 0.0220. The van der Waals surface area contributed by atoms with Crippen LogP contribution in [-0.4, -0.2) is 29.8 Å². The third-order valence-corrected chi connectivity index (χ3v) is 4.06. The Kier molecular flexibility index (Phi) is 4.10. The fourth-order valence-corrected chi connectivity index (χ4v) is 2.45. The van der Waals surface area contributed by atoms with Crippen LogP contribution in [0.1, 0.15) is 24.0 Å². The van der Waals surface area contributed by atoms with Crippen LogP contribution in [0.4, 0.5) is 0 Å². The van der Waals surface area contributed by atoms with Gasteiger partial charge >= 0.3 is 0 Å². The third kappa shape index (κ3) is 2.89. The van der Waals surface area contributed by atoms with Crippen LogP contribution in [0, 0.1) is 6.92 Å². The van der Waals surface area contributed by atoms with E-state index in [2.05, 4.69) is 5.32 Å². The van der Waals surface area contributed by atoms with Crippen molar-refractivity contribution in [1.29, 1.82) is 0 Å². The number of nitrogens with one attached hydrogen (secondary N) is 1. The number of nitrogens with zero attached hydrogens (tertiary/aromatic N) is 1. The number of aryl methyl sites for hydroxylation is 1. The zero-order valence-electron chi connectivity index (χ0n) is 11.1. The minimum Gasteiger partial charge on any atom is -0.350 e. The van der Waals surface area contributed by atoms with E-state index >= 15 is 0 Å². The molecule has 1 fully saturated rings. The lowest BCUT2D eigenvalue weighted by Crippen LogP contribution is -2.42. The topological polar surface area (TPSA) is 49.4 Å². The highest BCUT2D eigenvalue weighted by molar-refractivity contribution is 6.32. The maximum atomic E-state index is 12.0. The zero-order chi connectivity index (χ0) is 14.0. The summed E-state index contributed by atoms with van der Waals surface area (Å²) in [6.07, 6.45) is 1.03. The van der Waals surface area contributed by atoms with Crippen molar-refractivity contribution >= 4 is 23.4 Å². The molecule has 1 aliphatic heterocycles. The van der Waals surface area contributed by atoms with Gasteiger partial charge in [0, 0.05) is 25.0 Å². The Morgan fingerprint density at radius 2 is 2.26 bits per heavy atom. The molecule has 0 spiro atoms. The fraction of sp³-hybridized carbons (Fsp3) is 0.429. The second kappa shape index (κ2) is 5.61. The van der Waals surface area contributed by atoms with Crippen LogP contribution in [0.5, 0.6) is 0 Å². The van der Waals surface area contributed by atoms with E-state index in [-0.39, 0.29) is 17.9 Å². The molecule has 0 aromatic heterocycles. The standard InChI is InChI=1S/C14H17ClN2O2/c1-9-4-3-5-10(13(9)15)8-16-14(19)11-6-7-12(18)17(11)2/h3-5,11H,6-8H2,1-2H3,(H,16,19). The van der Waals surface area contributed by atoms with Crippen molar-refractivity contribution in [2.24, 2.45) is 0 Å². The predicted octanol–water partition coefficient (Wildman–Crippen LogP) is 1.89. The van der Waals surface area contributed by atoms with Gasteiger partial charge in [-0.25, -0.2) is 0 Å². The van der Waals surface area contributed by atoms with E-state index in [1.807, 2.05) is 25.1 Å². The lowest BCUT2D eigenvalue weighted by atomic mass is 10.1. The van der Waals surface area contributed by atoms with Gasteiger partial charge in [-0.1, -0.05) is 29.8 Å². The normalized spacial score (nSPS) is 18.8. The average Bonchev–Trinajstić information content (AvgIpc) is 2.72. The highest BCUT2D eigenvalue weighted by Crippen LogP contribution is 2.21. The molecule has 4 nitrogen and oxygen atoms in total. The summed E-state index contributed by atoms with van der Waals surface area (Å²) in [5, 5.41) is 3.52. The first-order valence-electron chi connectivity index (χ1n) is 6.28.